The van der Waals surface area contributed by atoms with Gasteiger partial charge in [-0.05, 0) is 37.1 Å². The zero-order chi connectivity index (χ0) is 15.9. The maximum Gasteiger partial charge on any atom is 0.133 e. The number of furan rings is 2. The summed E-state index contributed by atoms with van der Waals surface area (Å²) in [6, 6.07) is 7.88. The van der Waals surface area contributed by atoms with E-state index in [0.717, 1.165) is 44.0 Å². The van der Waals surface area contributed by atoms with Crippen molar-refractivity contribution in [1.82, 2.24) is 0 Å². The first-order chi connectivity index (χ1) is 11.1. The molecule has 0 amide bonds. The number of ether oxygens (including phenoxy) is 2. The molecule has 2 aliphatic heterocycles. The zero-order valence-corrected chi connectivity index (χ0v) is 13.8. The van der Waals surface area contributed by atoms with E-state index in [1.807, 2.05) is 24.3 Å². The van der Waals surface area contributed by atoms with Gasteiger partial charge in [0.05, 0.1) is 25.7 Å². The van der Waals surface area contributed by atoms with Gasteiger partial charge in [-0.25, -0.2) is 0 Å². The van der Waals surface area contributed by atoms with Crippen LogP contribution in [0.4, 0.5) is 0 Å². The first-order valence-corrected chi connectivity index (χ1v) is 8.41. The van der Waals surface area contributed by atoms with Gasteiger partial charge in [-0.15, -0.1) is 0 Å². The topological polar surface area (TPSA) is 44.7 Å². The van der Waals surface area contributed by atoms with Crippen LogP contribution in [0, 0.1) is 10.8 Å². The van der Waals surface area contributed by atoms with Crippen molar-refractivity contribution < 1.29 is 18.3 Å². The standard InChI is InChI=1S/C19H24O4/c1-18(12-22-16(18)14-6-3-10-20-14)8-5-9-19(2)13-23-17(19)15-7-4-11-21-15/h3-4,6-7,10-11,16-17H,5,8-9,12-13H2,1-2H3. The minimum atomic E-state index is 0.101. The maximum absolute atomic E-state index is 5.76. The van der Waals surface area contributed by atoms with Crippen LogP contribution in [0.3, 0.4) is 0 Å². The fourth-order valence-corrected chi connectivity index (χ4v) is 3.94. The molecule has 0 radical (unpaired) electrons. The normalized spacial score (nSPS) is 36.4. The summed E-state index contributed by atoms with van der Waals surface area (Å²) >= 11 is 0. The zero-order valence-electron chi connectivity index (χ0n) is 13.8. The van der Waals surface area contributed by atoms with E-state index in [4.69, 9.17) is 18.3 Å². The van der Waals surface area contributed by atoms with E-state index in [9.17, 15) is 0 Å². The lowest BCUT2D eigenvalue weighted by molar-refractivity contribution is -0.207. The van der Waals surface area contributed by atoms with Crippen LogP contribution in [0.1, 0.15) is 56.8 Å². The lowest BCUT2D eigenvalue weighted by Gasteiger charge is -2.48. The quantitative estimate of drug-likeness (QED) is 0.760. The Hall–Kier alpha value is -1.52. The molecule has 2 saturated heterocycles. The Morgan fingerprint density at radius 3 is 1.65 bits per heavy atom. The van der Waals surface area contributed by atoms with Gasteiger partial charge in [-0.1, -0.05) is 20.3 Å². The highest BCUT2D eigenvalue weighted by Gasteiger charge is 2.49. The fourth-order valence-electron chi connectivity index (χ4n) is 3.94. The van der Waals surface area contributed by atoms with E-state index in [1.165, 1.54) is 0 Å². The SMILES string of the molecule is CC1(CCCC2(C)COC2c2ccco2)COC1c1ccco1. The van der Waals surface area contributed by atoms with E-state index in [2.05, 4.69) is 13.8 Å². The van der Waals surface area contributed by atoms with Crippen molar-refractivity contribution in [2.24, 2.45) is 10.8 Å². The summed E-state index contributed by atoms with van der Waals surface area (Å²) in [5.74, 6) is 1.90. The number of rotatable bonds is 6. The summed E-state index contributed by atoms with van der Waals surface area (Å²) in [4.78, 5) is 0. The Bertz CT molecular complexity index is 576. The van der Waals surface area contributed by atoms with Gasteiger partial charge >= 0.3 is 0 Å². The van der Waals surface area contributed by atoms with E-state index in [0.29, 0.717) is 0 Å². The fraction of sp³-hybridized carbons (Fsp3) is 0.579. The van der Waals surface area contributed by atoms with E-state index >= 15 is 0 Å². The molecule has 0 aliphatic carbocycles. The average molecular weight is 316 g/mol. The van der Waals surface area contributed by atoms with Gasteiger partial charge < -0.3 is 18.3 Å². The maximum atomic E-state index is 5.76. The van der Waals surface area contributed by atoms with Crippen LogP contribution in [-0.4, -0.2) is 13.2 Å². The molecule has 2 aromatic rings. The highest BCUT2D eigenvalue weighted by atomic mass is 16.5. The van der Waals surface area contributed by atoms with Gasteiger partial charge in [0.25, 0.3) is 0 Å². The van der Waals surface area contributed by atoms with Gasteiger partial charge in [0, 0.05) is 10.8 Å². The highest BCUT2D eigenvalue weighted by molar-refractivity contribution is 5.12. The van der Waals surface area contributed by atoms with Crippen LogP contribution >= 0.6 is 0 Å². The van der Waals surface area contributed by atoms with Crippen molar-refractivity contribution in [3.8, 4) is 0 Å². The van der Waals surface area contributed by atoms with Crippen molar-refractivity contribution in [3.63, 3.8) is 0 Å². The van der Waals surface area contributed by atoms with Gasteiger partial charge in [0.15, 0.2) is 0 Å². The molecule has 2 aromatic heterocycles. The first kappa shape index (κ1) is 15.0. The second-order valence-electron chi connectivity index (χ2n) is 7.57. The molecule has 0 bridgehead atoms. The van der Waals surface area contributed by atoms with Gasteiger partial charge in [0.2, 0.25) is 0 Å². The third-order valence-electron chi connectivity index (χ3n) is 5.52. The summed E-state index contributed by atoms with van der Waals surface area (Å²) in [7, 11) is 0. The van der Waals surface area contributed by atoms with Gasteiger partial charge in [-0.2, -0.15) is 0 Å². The minimum absolute atomic E-state index is 0.101. The molecule has 4 atom stereocenters. The molecule has 0 N–H and O–H groups in total. The molecule has 0 saturated carbocycles. The second kappa shape index (κ2) is 5.53. The summed E-state index contributed by atoms with van der Waals surface area (Å²) in [5, 5.41) is 0. The minimum Gasteiger partial charge on any atom is -0.467 e. The van der Waals surface area contributed by atoms with Gasteiger partial charge in [0.1, 0.15) is 23.7 Å². The molecule has 4 nitrogen and oxygen atoms in total. The Morgan fingerprint density at radius 1 is 0.870 bits per heavy atom. The second-order valence-corrected chi connectivity index (χ2v) is 7.57. The first-order valence-electron chi connectivity index (χ1n) is 8.41. The van der Waals surface area contributed by atoms with Crippen LogP contribution in [-0.2, 0) is 9.47 Å². The van der Waals surface area contributed by atoms with Gasteiger partial charge in [-0.3, -0.25) is 0 Å². The number of hydrogen-bond donors (Lipinski definition) is 0. The largest absolute Gasteiger partial charge is 0.467 e. The lowest BCUT2D eigenvalue weighted by Crippen LogP contribution is -2.45. The Kier molecular flexibility index (Phi) is 3.62. The van der Waals surface area contributed by atoms with Crippen molar-refractivity contribution in [1.29, 1.82) is 0 Å². The Labute approximate surface area is 136 Å². The molecule has 4 heterocycles. The molecule has 4 heteroatoms. The molecular formula is C19H24O4. The molecular weight excluding hydrogens is 292 g/mol. The molecule has 0 aromatic carbocycles. The van der Waals surface area contributed by atoms with Crippen LogP contribution in [0.25, 0.3) is 0 Å². The molecule has 2 fully saturated rings. The highest BCUT2D eigenvalue weighted by Crippen LogP contribution is 2.53. The third-order valence-corrected chi connectivity index (χ3v) is 5.52. The lowest BCUT2D eigenvalue weighted by atomic mass is 9.70. The van der Waals surface area contributed by atoms with Crippen LogP contribution < -0.4 is 0 Å². The van der Waals surface area contributed by atoms with E-state index in [-0.39, 0.29) is 23.0 Å². The summed E-state index contributed by atoms with van der Waals surface area (Å²) < 4.78 is 22.6. The summed E-state index contributed by atoms with van der Waals surface area (Å²) in [5.41, 5.74) is 0.359. The van der Waals surface area contributed by atoms with Crippen LogP contribution in [0.2, 0.25) is 0 Å². The Balaban J connectivity index is 1.33. The third kappa shape index (κ3) is 2.54. The van der Waals surface area contributed by atoms with Crippen molar-refractivity contribution in [2.45, 2.75) is 45.3 Å². The summed E-state index contributed by atoms with van der Waals surface area (Å²) in [6.45, 7) is 6.22. The van der Waals surface area contributed by atoms with Crippen LogP contribution in [0.5, 0.6) is 0 Å². The predicted molar refractivity (Wildman–Crippen MR) is 84.9 cm³/mol. The number of hydrogen-bond acceptors (Lipinski definition) is 4. The van der Waals surface area contributed by atoms with E-state index < -0.39 is 0 Å². The predicted octanol–water partition coefficient (Wildman–Crippen LogP) is 4.90. The van der Waals surface area contributed by atoms with Crippen LogP contribution in [0.15, 0.2) is 45.6 Å². The molecule has 124 valence electrons. The Morgan fingerprint density at radius 2 is 1.35 bits per heavy atom. The van der Waals surface area contributed by atoms with Crippen molar-refractivity contribution >= 4 is 0 Å². The molecule has 4 unspecified atom stereocenters. The van der Waals surface area contributed by atoms with Crippen molar-refractivity contribution in [3.05, 3.63) is 48.3 Å². The molecule has 4 rings (SSSR count). The molecule has 23 heavy (non-hydrogen) atoms. The summed E-state index contributed by atoms with van der Waals surface area (Å²) in [6.07, 6.45) is 7.08. The monoisotopic (exact) mass is 316 g/mol. The van der Waals surface area contributed by atoms with E-state index in [1.54, 1.807) is 12.5 Å². The smallest absolute Gasteiger partial charge is 0.133 e. The molecule has 0 spiro atoms. The molecule has 2 aliphatic rings. The average Bonchev–Trinajstić information content (AvgIpc) is 3.19. The van der Waals surface area contributed by atoms with Crippen molar-refractivity contribution in [2.75, 3.05) is 13.2 Å².